The molecule has 5 rings (SSSR count). The molecule has 4 nitrogen and oxygen atoms in total. The Balaban J connectivity index is 1.54. The van der Waals surface area contributed by atoms with Gasteiger partial charge in [0, 0.05) is 28.1 Å². The summed E-state index contributed by atoms with van der Waals surface area (Å²) in [7, 11) is 0. The standard InChI is InChI=1S/C26H25BrN2O2S2/c1-26(2)14-20-21(15-31-26)33-23-22(20)24(30)29(13-12-17-6-4-3-5-7-17)25(28-23)32-16-18-8-10-19(27)11-9-18/h3-11H,12-16H2,1-2H3. The van der Waals surface area contributed by atoms with Crippen LogP contribution in [0.5, 0.6) is 0 Å². The van der Waals surface area contributed by atoms with Crippen LogP contribution >= 0.6 is 39.0 Å². The lowest BCUT2D eigenvalue weighted by Gasteiger charge is -2.29. The van der Waals surface area contributed by atoms with Crippen molar-refractivity contribution in [3.8, 4) is 0 Å². The molecule has 0 saturated heterocycles. The second-order valence-electron chi connectivity index (χ2n) is 8.91. The van der Waals surface area contributed by atoms with Gasteiger partial charge in [-0.25, -0.2) is 4.98 Å². The molecule has 0 unspecified atom stereocenters. The van der Waals surface area contributed by atoms with Crippen molar-refractivity contribution in [2.45, 2.75) is 56.4 Å². The first-order chi connectivity index (χ1) is 15.9. The first-order valence-corrected chi connectivity index (χ1v) is 13.6. The predicted octanol–water partition coefficient (Wildman–Crippen LogP) is 6.61. The lowest BCUT2D eigenvalue weighted by Crippen LogP contribution is -2.32. The van der Waals surface area contributed by atoms with Gasteiger partial charge >= 0.3 is 0 Å². The van der Waals surface area contributed by atoms with Gasteiger partial charge in [0.15, 0.2) is 5.16 Å². The van der Waals surface area contributed by atoms with Crippen LogP contribution in [0.3, 0.4) is 0 Å². The number of benzene rings is 2. The number of halogens is 1. The smallest absolute Gasteiger partial charge is 0.263 e. The highest BCUT2D eigenvalue weighted by atomic mass is 79.9. The van der Waals surface area contributed by atoms with Crippen molar-refractivity contribution >= 4 is 49.2 Å². The molecule has 0 atom stereocenters. The van der Waals surface area contributed by atoms with Crippen molar-refractivity contribution in [2.75, 3.05) is 0 Å². The van der Waals surface area contributed by atoms with Crippen molar-refractivity contribution in [3.63, 3.8) is 0 Å². The van der Waals surface area contributed by atoms with Crippen LogP contribution in [0.25, 0.3) is 10.2 Å². The summed E-state index contributed by atoms with van der Waals surface area (Å²) in [5.74, 6) is 0.762. The Labute approximate surface area is 210 Å². The molecule has 2 aromatic heterocycles. The minimum Gasteiger partial charge on any atom is -0.370 e. The van der Waals surface area contributed by atoms with Crippen LogP contribution in [0.2, 0.25) is 0 Å². The van der Waals surface area contributed by atoms with Crippen LogP contribution in [0.4, 0.5) is 0 Å². The molecule has 2 aromatic carbocycles. The van der Waals surface area contributed by atoms with Gasteiger partial charge in [-0.15, -0.1) is 11.3 Å². The molecule has 0 fully saturated rings. The molecule has 1 aliphatic rings. The summed E-state index contributed by atoms with van der Waals surface area (Å²) >= 11 is 6.73. The summed E-state index contributed by atoms with van der Waals surface area (Å²) in [5, 5.41) is 1.57. The van der Waals surface area contributed by atoms with E-state index in [-0.39, 0.29) is 11.2 Å². The zero-order valence-electron chi connectivity index (χ0n) is 18.6. The van der Waals surface area contributed by atoms with Gasteiger partial charge in [0.25, 0.3) is 5.56 Å². The number of aryl methyl sites for hydroxylation is 1. The Morgan fingerprint density at radius 1 is 1.12 bits per heavy atom. The highest BCUT2D eigenvalue weighted by molar-refractivity contribution is 9.10. The van der Waals surface area contributed by atoms with E-state index < -0.39 is 0 Å². The van der Waals surface area contributed by atoms with Crippen molar-refractivity contribution in [1.29, 1.82) is 0 Å². The fourth-order valence-electron chi connectivity index (χ4n) is 4.13. The van der Waals surface area contributed by atoms with Crippen molar-refractivity contribution < 1.29 is 4.74 Å². The predicted molar refractivity (Wildman–Crippen MR) is 140 cm³/mol. The number of thioether (sulfide) groups is 1. The zero-order valence-corrected chi connectivity index (χ0v) is 21.9. The maximum atomic E-state index is 13.8. The zero-order chi connectivity index (χ0) is 23.0. The number of fused-ring (bicyclic) bond motifs is 3. The molecule has 0 radical (unpaired) electrons. The third-order valence-electron chi connectivity index (χ3n) is 5.90. The lowest BCUT2D eigenvalue weighted by atomic mass is 9.94. The summed E-state index contributed by atoms with van der Waals surface area (Å²) < 4.78 is 8.95. The van der Waals surface area contributed by atoms with Gasteiger partial charge in [0.2, 0.25) is 0 Å². The van der Waals surface area contributed by atoms with Crippen molar-refractivity contribution in [1.82, 2.24) is 9.55 Å². The number of hydrogen-bond donors (Lipinski definition) is 0. The number of rotatable bonds is 6. The number of nitrogens with zero attached hydrogens (tertiary/aromatic N) is 2. The molecule has 7 heteroatoms. The molecule has 0 N–H and O–H groups in total. The Bertz CT molecular complexity index is 1340. The number of thiophene rings is 1. The average molecular weight is 542 g/mol. The van der Waals surface area contributed by atoms with Gasteiger partial charge in [-0.1, -0.05) is 70.2 Å². The molecule has 0 saturated carbocycles. The summed E-state index contributed by atoms with van der Waals surface area (Å²) in [6.45, 7) is 5.33. The van der Waals surface area contributed by atoms with Crippen LogP contribution < -0.4 is 5.56 Å². The number of aromatic nitrogens is 2. The van der Waals surface area contributed by atoms with E-state index in [2.05, 4.69) is 54.0 Å². The van der Waals surface area contributed by atoms with E-state index in [1.807, 2.05) is 34.9 Å². The minimum absolute atomic E-state index is 0.0736. The highest BCUT2D eigenvalue weighted by Gasteiger charge is 2.31. The van der Waals surface area contributed by atoms with E-state index in [0.717, 1.165) is 48.9 Å². The number of hydrogen-bond acceptors (Lipinski definition) is 5. The average Bonchev–Trinajstić information content (AvgIpc) is 3.15. The second kappa shape index (κ2) is 9.37. The van der Waals surface area contributed by atoms with Gasteiger partial charge in [-0.2, -0.15) is 0 Å². The molecule has 33 heavy (non-hydrogen) atoms. The molecule has 1 aliphatic heterocycles. The third kappa shape index (κ3) is 4.97. The van der Waals surface area contributed by atoms with Crippen LogP contribution in [0.1, 0.15) is 35.4 Å². The Morgan fingerprint density at radius 2 is 1.88 bits per heavy atom. The molecule has 0 bridgehead atoms. The highest BCUT2D eigenvalue weighted by Crippen LogP contribution is 2.37. The molecule has 0 amide bonds. The summed E-state index contributed by atoms with van der Waals surface area (Å²) in [4.78, 5) is 20.8. The topological polar surface area (TPSA) is 44.1 Å². The van der Waals surface area contributed by atoms with E-state index in [0.29, 0.717) is 13.2 Å². The van der Waals surface area contributed by atoms with Crippen LogP contribution in [-0.4, -0.2) is 15.2 Å². The maximum Gasteiger partial charge on any atom is 0.263 e. The van der Waals surface area contributed by atoms with E-state index in [4.69, 9.17) is 9.72 Å². The SMILES string of the molecule is CC1(C)Cc2c(sc3nc(SCc4ccc(Br)cc4)n(CCc4ccccc4)c(=O)c23)CO1. The second-order valence-corrected chi connectivity index (χ2v) is 11.9. The molecule has 3 heterocycles. The molecule has 0 aliphatic carbocycles. The first kappa shape index (κ1) is 22.8. The van der Waals surface area contributed by atoms with Crippen molar-refractivity contribution in [2.24, 2.45) is 0 Å². The van der Waals surface area contributed by atoms with Crippen LogP contribution in [0, 0.1) is 0 Å². The first-order valence-electron chi connectivity index (χ1n) is 11.0. The molecule has 0 spiro atoms. The summed E-state index contributed by atoms with van der Waals surface area (Å²) in [5.41, 5.74) is 3.35. The normalized spacial score (nSPS) is 15.0. The largest absolute Gasteiger partial charge is 0.370 e. The fourth-order valence-corrected chi connectivity index (χ4v) is 6.52. The Kier molecular flexibility index (Phi) is 6.49. The lowest BCUT2D eigenvalue weighted by molar-refractivity contribution is -0.0379. The Morgan fingerprint density at radius 3 is 2.64 bits per heavy atom. The third-order valence-corrected chi connectivity index (χ3v) is 8.58. The van der Waals surface area contributed by atoms with E-state index in [1.165, 1.54) is 11.1 Å². The van der Waals surface area contributed by atoms with E-state index in [9.17, 15) is 4.79 Å². The van der Waals surface area contributed by atoms with Crippen molar-refractivity contribution in [3.05, 3.63) is 91.0 Å². The molecular weight excluding hydrogens is 516 g/mol. The van der Waals surface area contributed by atoms with Gasteiger partial charge in [0.05, 0.1) is 17.6 Å². The molecular formula is C26H25BrN2O2S2. The van der Waals surface area contributed by atoms with E-state index >= 15 is 0 Å². The monoisotopic (exact) mass is 540 g/mol. The minimum atomic E-state index is -0.267. The molecule has 170 valence electrons. The van der Waals surface area contributed by atoms with Crippen LogP contribution in [-0.2, 0) is 36.5 Å². The summed E-state index contributed by atoms with van der Waals surface area (Å²) in [6, 6.07) is 18.6. The van der Waals surface area contributed by atoms with Gasteiger partial charge in [-0.05, 0) is 49.1 Å². The van der Waals surface area contributed by atoms with Gasteiger partial charge < -0.3 is 4.74 Å². The fraction of sp³-hybridized carbons (Fsp3) is 0.308. The van der Waals surface area contributed by atoms with E-state index in [1.54, 1.807) is 23.1 Å². The van der Waals surface area contributed by atoms with Gasteiger partial charge in [0.1, 0.15) is 4.83 Å². The number of ether oxygens (including phenoxy) is 1. The molecule has 4 aromatic rings. The van der Waals surface area contributed by atoms with Gasteiger partial charge in [-0.3, -0.25) is 9.36 Å². The quantitative estimate of drug-likeness (QED) is 0.204. The summed E-state index contributed by atoms with van der Waals surface area (Å²) in [6.07, 6.45) is 1.53. The Hall–Kier alpha value is -1.93. The maximum absolute atomic E-state index is 13.8. The van der Waals surface area contributed by atoms with Crippen LogP contribution in [0.15, 0.2) is 69.0 Å².